The van der Waals surface area contributed by atoms with Crippen LogP contribution in [0.4, 0.5) is 0 Å². The molecule has 0 aliphatic rings. The predicted molar refractivity (Wildman–Crippen MR) is 220 cm³/mol. The molecule has 4 aromatic rings. The van der Waals surface area contributed by atoms with Crippen LogP contribution in [0.5, 0.6) is 0 Å². The second-order valence-corrected chi connectivity index (χ2v) is 15.5. The van der Waals surface area contributed by atoms with Crippen LogP contribution in [-0.4, -0.2) is 19.0 Å². The summed E-state index contributed by atoms with van der Waals surface area (Å²) in [4.78, 5) is 11.5. The monoisotopic (exact) mass is 679 g/mol. The van der Waals surface area contributed by atoms with Gasteiger partial charge >= 0.3 is 0 Å². The van der Waals surface area contributed by atoms with Crippen LogP contribution in [0, 0.1) is 51.4 Å². The Kier molecular flexibility index (Phi) is 22.4. The molecule has 0 spiro atoms. The van der Waals surface area contributed by atoms with E-state index >= 15 is 0 Å². The number of nitrogens with one attached hydrogen (secondary N) is 2. The van der Waals surface area contributed by atoms with Gasteiger partial charge in [0, 0.05) is 18.7 Å². The van der Waals surface area contributed by atoms with Crippen molar-refractivity contribution < 1.29 is 4.79 Å². The molecule has 0 aliphatic heterocycles. The van der Waals surface area contributed by atoms with Crippen LogP contribution in [0.3, 0.4) is 0 Å². The van der Waals surface area contributed by atoms with Crippen LogP contribution in [0.15, 0.2) is 97.1 Å². The fourth-order valence-corrected chi connectivity index (χ4v) is 4.72. The minimum absolute atomic E-state index is 0.0127. The van der Waals surface area contributed by atoms with Crippen molar-refractivity contribution in [3.05, 3.63) is 142 Å². The summed E-state index contributed by atoms with van der Waals surface area (Å²) in [5.74, 6) is 2.80. The molecule has 3 heteroatoms. The molecule has 0 aliphatic carbocycles. The molecule has 0 radical (unpaired) electrons. The van der Waals surface area contributed by atoms with Crippen molar-refractivity contribution in [1.82, 2.24) is 10.6 Å². The minimum Gasteiger partial charge on any atom is -0.352 e. The van der Waals surface area contributed by atoms with Crippen LogP contribution in [0.1, 0.15) is 111 Å². The Hall–Kier alpha value is -3.69. The Morgan fingerprint density at radius 1 is 0.480 bits per heavy atom. The maximum absolute atomic E-state index is 11.5. The van der Waals surface area contributed by atoms with E-state index in [2.05, 4.69) is 160 Å². The van der Waals surface area contributed by atoms with Crippen molar-refractivity contribution >= 4 is 5.91 Å². The third-order valence-corrected chi connectivity index (χ3v) is 7.88. The van der Waals surface area contributed by atoms with Crippen molar-refractivity contribution in [1.29, 1.82) is 0 Å². The number of rotatable bonds is 12. The van der Waals surface area contributed by atoms with E-state index in [0.717, 1.165) is 43.0 Å². The van der Waals surface area contributed by atoms with Gasteiger partial charge in [-0.1, -0.05) is 163 Å². The molecule has 4 rings (SSSR count). The minimum atomic E-state index is 0.0127. The molecule has 1 amide bonds. The van der Waals surface area contributed by atoms with E-state index in [9.17, 15) is 4.79 Å². The van der Waals surface area contributed by atoms with Crippen LogP contribution in [-0.2, 0) is 19.4 Å². The number of hydrogen-bond donors (Lipinski definition) is 2. The molecule has 0 heterocycles. The summed E-state index contributed by atoms with van der Waals surface area (Å²) < 4.78 is 0. The van der Waals surface area contributed by atoms with Gasteiger partial charge in [0.15, 0.2) is 0 Å². The summed E-state index contributed by atoms with van der Waals surface area (Å²) in [5.41, 5.74) is 10.2. The Bertz CT molecular complexity index is 1420. The maximum Gasteiger partial charge on any atom is 0.251 e. The number of benzene rings is 4. The van der Waals surface area contributed by atoms with E-state index in [1.165, 1.54) is 58.2 Å². The zero-order valence-corrected chi connectivity index (χ0v) is 33.7. The fraction of sp³-hybridized carbons (Fsp3) is 0.468. The zero-order valence-electron chi connectivity index (χ0n) is 33.7. The summed E-state index contributed by atoms with van der Waals surface area (Å²) in [6.07, 6.45) is 3.71. The second kappa shape index (κ2) is 25.3. The largest absolute Gasteiger partial charge is 0.352 e. The van der Waals surface area contributed by atoms with Crippen LogP contribution in [0.2, 0.25) is 0 Å². The molecule has 4 aromatic carbocycles. The van der Waals surface area contributed by atoms with Gasteiger partial charge in [-0.2, -0.15) is 0 Å². The summed E-state index contributed by atoms with van der Waals surface area (Å²) in [6, 6.07) is 33.9. The number of amides is 1. The molecular formula is C47H70N2O. The first-order valence-electron chi connectivity index (χ1n) is 18.9. The highest BCUT2D eigenvalue weighted by molar-refractivity contribution is 5.94. The Morgan fingerprint density at radius 3 is 1.28 bits per heavy atom. The van der Waals surface area contributed by atoms with E-state index in [1.54, 1.807) is 0 Å². The summed E-state index contributed by atoms with van der Waals surface area (Å²) in [6.45, 7) is 28.8. The number of aryl methyl sites for hydroxylation is 5. The third-order valence-electron chi connectivity index (χ3n) is 7.88. The maximum atomic E-state index is 11.5. The van der Waals surface area contributed by atoms with Crippen molar-refractivity contribution in [2.75, 3.05) is 13.1 Å². The highest BCUT2D eigenvalue weighted by atomic mass is 16.1. The van der Waals surface area contributed by atoms with Crippen molar-refractivity contribution in [2.45, 2.75) is 109 Å². The van der Waals surface area contributed by atoms with Gasteiger partial charge in [0.25, 0.3) is 5.91 Å². The van der Waals surface area contributed by atoms with Gasteiger partial charge in [0.2, 0.25) is 0 Å². The first kappa shape index (κ1) is 44.3. The zero-order chi connectivity index (χ0) is 37.5. The quantitative estimate of drug-likeness (QED) is 0.157. The van der Waals surface area contributed by atoms with Crippen LogP contribution >= 0.6 is 0 Å². The van der Waals surface area contributed by atoms with Gasteiger partial charge in [0.05, 0.1) is 0 Å². The molecule has 3 nitrogen and oxygen atoms in total. The molecule has 0 bridgehead atoms. The van der Waals surface area contributed by atoms with E-state index in [4.69, 9.17) is 0 Å². The Balaban J connectivity index is 0.000000335. The summed E-state index contributed by atoms with van der Waals surface area (Å²) >= 11 is 0. The predicted octanol–water partition coefficient (Wildman–Crippen LogP) is 11.9. The lowest BCUT2D eigenvalue weighted by Gasteiger charge is -2.07. The van der Waals surface area contributed by atoms with E-state index < -0.39 is 0 Å². The SMILES string of the molecule is Cc1ccc(C(=O)NCC(C)C)cc1.Cc1ccc(CC(C)C)cc1.Cc1ccc(CCC(C)C)cc1.Cc1ccc(CNCC(C)C)cc1. The number of hydrogen-bond acceptors (Lipinski definition) is 2. The van der Waals surface area contributed by atoms with Gasteiger partial charge in [0.1, 0.15) is 0 Å². The van der Waals surface area contributed by atoms with Crippen LogP contribution in [0.25, 0.3) is 0 Å². The fourth-order valence-electron chi connectivity index (χ4n) is 4.72. The lowest BCUT2D eigenvalue weighted by molar-refractivity contribution is 0.0949. The first-order valence-corrected chi connectivity index (χ1v) is 18.9. The molecule has 50 heavy (non-hydrogen) atoms. The van der Waals surface area contributed by atoms with Gasteiger partial charge in [-0.05, 0) is 106 Å². The highest BCUT2D eigenvalue weighted by Gasteiger charge is 2.04. The molecule has 2 N–H and O–H groups in total. The smallest absolute Gasteiger partial charge is 0.251 e. The summed E-state index contributed by atoms with van der Waals surface area (Å²) in [7, 11) is 0. The van der Waals surface area contributed by atoms with E-state index in [1.807, 2.05) is 31.2 Å². The van der Waals surface area contributed by atoms with Crippen molar-refractivity contribution in [3.8, 4) is 0 Å². The number of carbonyl (C=O) groups excluding carboxylic acids is 1. The Labute approximate surface area is 307 Å². The lowest BCUT2D eigenvalue weighted by atomic mass is 10.0. The average molecular weight is 679 g/mol. The normalized spacial score (nSPS) is 10.6. The lowest BCUT2D eigenvalue weighted by Crippen LogP contribution is -2.27. The molecule has 0 atom stereocenters. The van der Waals surface area contributed by atoms with Gasteiger partial charge in [-0.25, -0.2) is 0 Å². The van der Waals surface area contributed by atoms with Crippen molar-refractivity contribution in [2.24, 2.45) is 23.7 Å². The molecule has 0 saturated carbocycles. The molecule has 0 unspecified atom stereocenters. The molecule has 0 fully saturated rings. The second-order valence-electron chi connectivity index (χ2n) is 15.5. The molecule has 0 saturated heterocycles. The van der Waals surface area contributed by atoms with E-state index in [0.29, 0.717) is 5.92 Å². The molecule has 274 valence electrons. The molecular weight excluding hydrogens is 609 g/mol. The average Bonchev–Trinajstić information content (AvgIpc) is 3.06. The molecule has 0 aromatic heterocycles. The standard InChI is InChI=1S/C12H17NO.C12H19N.C12H18.C11H16/c1-9(2)8-13-12(14)11-6-4-10(3)5-7-11;1-10(2)8-13-9-12-6-4-11(3)5-7-12;1-10(2)4-7-12-8-5-11(3)6-9-12;1-9(2)8-11-6-4-10(3)5-7-11/h4-7,9H,8H2,1-3H3,(H,13,14);4-7,10,13H,8-9H2,1-3H3;5-6,8-10H,4,7H2,1-3H3;4-7,9H,8H2,1-3H3. The topological polar surface area (TPSA) is 41.1 Å². The third kappa shape index (κ3) is 22.9. The van der Waals surface area contributed by atoms with Crippen LogP contribution < -0.4 is 10.6 Å². The Morgan fingerprint density at radius 2 is 0.880 bits per heavy atom. The van der Waals surface area contributed by atoms with Gasteiger partial charge < -0.3 is 10.6 Å². The van der Waals surface area contributed by atoms with Gasteiger partial charge in [-0.15, -0.1) is 0 Å². The van der Waals surface area contributed by atoms with Crippen molar-refractivity contribution in [3.63, 3.8) is 0 Å². The summed E-state index contributed by atoms with van der Waals surface area (Å²) in [5, 5.41) is 6.30. The van der Waals surface area contributed by atoms with E-state index in [-0.39, 0.29) is 5.91 Å². The highest BCUT2D eigenvalue weighted by Crippen LogP contribution is 2.10. The van der Waals surface area contributed by atoms with Gasteiger partial charge in [-0.3, -0.25) is 4.79 Å². The number of carbonyl (C=O) groups is 1. The first-order chi connectivity index (χ1) is 23.6.